The molecule has 0 radical (unpaired) electrons. The van der Waals surface area contributed by atoms with Crippen molar-refractivity contribution >= 4 is 40.8 Å². The van der Waals surface area contributed by atoms with Crippen LogP contribution in [0.25, 0.3) is 0 Å². The highest BCUT2D eigenvalue weighted by Gasteiger charge is 2.45. The van der Waals surface area contributed by atoms with E-state index in [0.29, 0.717) is 15.8 Å². The highest BCUT2D eigenvalue weighted by molar-refractivity contribution is 7.09. The minimum absolute atomic E-state index is 0.0776. The second-order valence-electron chi connectivity index (χ2n) is 5.32. The Hall–Kier alpha value is -3.14. The zero-order valence-electron chi connectivity index (χ0n) is 13.1. The summed E-state index contributed by atoms with van der Waals surface area (Å²) in [6, 6.07) is 5.02. The number of amides is 5. The van der Waals surface area contributed by atoms with Crippen molar-refractivity contribution in [1.29, 1.82) is 0 Å². The molecule has 1 aromatic heterocycles. The lowest BCUT2D eigenvalue weighted by molar-refractivity contribution is -0.143. The number of carbonyl (C=O) groups is 4. The van der Waals surface area contributed by atoms with E-state index in [2.05, 4.69) is 5.32 Å². The van der Waals surface area contributed by atoms with Gasteiger partial charge in [0.25, 0.3) is 0 Å². The largest absolute Gasteiger partial charge is 0.335 e. The standard InChI is InChI=1S/C16H11F2N3O4S/c17-9-3-4-12(11(18)6-9)19-13(22)8-21-15(24)14(23)20(16(21)25)7-10-2-1-5-26-10/h1-6H,7-8H2,(H,19,22). The van der Waals surface area contributed by atoms with Gasteiger partial charge in [-0.05, 0) is 23.6 Å². The molecule has 1 aliphatic rings. The summed E-state index contributed by atoms with van der Waals surface area (Å²) in [5, 5.41) is 3.88. The molecule has 10 heteroatoms. The van der Waals surface area contributed by atoms with Gasteiger partial charge in [-0.15, -0.1) is 11.3 Å². The van der Waals surface area contributed by atoms with Crippen LogP contribution in [-0.2, 0) is 20.9 Å². The average Bonchev–Trinajstić information content (AvgIpc) is 3.17. The first-order chi connectivity index (χ1) is 12.4. The van der Waals surface area contributed by atoms with Gasteiger partial charge in [0, 0.05) is 10.9 Å². The number of hydrogen-bond acceptors (Lipinski definition) is 5. The summed E-state index contributed by atoms with van der Waals surface area (Å²) in [6.45, 7) is -0.840. The number of carbonyl (C=O) groups excluding carboxylic acids is 4. The summed E-state index contributed by atoms with van der Waals surface area (Å²) in [4.78, 5) is 50.1. The van der Waals surface area contributed by atoms with Gasteiger partial charge in [-0.1, -0.05) is 6.07 Å². The smallest absolute Gasteiger partial charge is 0.322 e. The minimum Gasteiger partial charge on any atom is -0.322 e. The van der Waals surface area contributed by atoms with E-state index < -0.39 is 41.9 Å². The SMILES string of the molecule is O=C(CN1C(=O)C(=O)N(Cc2cccs2)C1=O)Nc1ccc(F)cc1F. The van der Waals surface area contributed by atoms with Crippen LogP contribution in [0.2, 0.25) is 0 Å². The van der Waals surface area contributed by atoms with Crippen LogP contribution in [-0.4, -0.2) is 40.1 Å². The van der Waals surface area contributed by atoms with Gasteiger partial charge in [0.15, 0.2) is 0 Å². The predicted molar refractivity (Wildman–Crippen MR) is 87.0 cm³/mol. The molecule has 5 amide bonds. The second-order valence-corrected chi connectivity index (χ2v) is 6.35. The normalized spacial score (nSPS) is 14.3. The molecule has 7 nitrogen and oxygen atoms in total. The van der Waals surface area contributed by atoms with Crippen LogP contribution in [0, 0.1) is 11.6 Å². The minimum atomic E-state index is -1.14. The summed E-state index contributed by atoms with van der Waals surface area (Å²) in [6.07, 6.45) is 0. The van der Waals surface area contributed by atoms with E-state index in [1.165, 1.54) is 11.3 Å². The van der Waals surface area contributed by atoms with Crippen LogP contribution in [0.3, 0.4) is 0 Å². The Balaban J connectivity index is 1.68. The van der Waals surface area contributed by atoms with Gasteiger partial charge in [-0.3, -0.25) is 19.3 Å². The number of nitrogens with one attached hydrogen (secondary N) is 1. The van der Waals surface area contributed by atoms with Gasteiger partial charge < -0.3 is 5.32 Å². The Bertz CT molecular complexity index is 901. The molecule has 0 saturated carbocycles. The lowest BCUT2D eigenvalue weighted by Gasteiger charge is -2.15. The summed E-state index contributed by atoms with van der Waals surface area (Å²) >= 11 is 1.31. The Kier molecular flexibility index (Phi) is 4.76. The number of imide groups is 2. The van der Waals surface area contributed by atoms with Crippen molar-refractivity contribution in [2.75, 3.05) is 11.9 Å². The highest BCUT2D eigenvalue weighted by Crippen LogP contribution is 2.19. The molecule has 1 N–H and O–H groups in total. The summed E-state index contributed by atoms with van der Waals surface area (Å²) in [7, 11) is 0. The first-order valence-corrected chi connectivity index (χ1v) is 8.19. The molecule has 134 valence electrons. The third-order valence-electron chi connectivity index (χ3n) is 3.54. The second kappa shape index (κ2) is 7.00. The average molecular weight is 379 g/mol. The molecule has 0 atom stereocenters. The predicted octanol–water partition coefficient (Wildman–Crippen LogP) is 1.96. The Labute approximate surface area is 149 Å². The Morgan fingerprint density at radius 3 is 2.46 bits per heavy atom. The molecule has 1 fully saturated rings. The molecule has 0 unspecified atom stereocenters. The topological polar surface area (TPSA) is 86.8 Å². The van der Waals surface area contributed by atoms with E-state index in [1.807, 2.05) is 0 Å². The van der Waals surface area contributed by atoms with Gasteiger partial charge in [0.05, 0.1) is 12.2 Å². The molecule has 1 saturated heterocycles. The van der Waals surface area contributed by atoms with E-state index >= 15 is 0 Å². The Morgan fingerprint density at radius 2 is 1.81 bits per heavy atom. The number of benzene rings is 1. The van der Waals surface area contributed by atoms with Gasteiger partial charge in [0.2, 0.25) is 5.91 Å². The number of anilines is 1. The maximum Gasteiger partial charge on any atom is 0.335 e. The molecule has 2 heterocycles. The molecule has 2 aromatic rings. The third-order valence-corrected chi connectivity index (χ3v) is 4.40. The van der Waals surface area contributed by atoms with E-state index in [0.717, 1.165) is 17.0 Å². The van der Waals surface area contributed by atoms with Crippen molar-refractivity contribution in [3.63, 3.8) is 0 Å². The fourth-order valence-electron chi connectivity index (χ4n) is 2.31. The molecule has 0 aliphatic carbocycles. The van der Waals surface area contributed by atoms with Crippen LogP contribution in [0.1, 0.15) is 4.88 Å². The molecule has 1 aliphatic heterocycles. The summed E-state index contributed by atoms with van der Waals surface area (Å²) < 4.78 is 26.4. The fourth-order valence-corrected chi connectivity index (χ4v) is 3.00. The number of halogens is 2. The number of urea groups is 1. The summed E-state index contributed by atoms with van der Waals surface area (Å²) in [5.74, 6) is -4.90. The van der Waals surface area contributed by atoms with Crippen LogP contribution >= 0.6 is 11.3 Å². The maximum absolute atomic E-state index is 13.6. The number of hydrogen-bond donors (Lipinski definition) is 1. The molecular formula is C16H11F2N3O4S. The van der Waals surface area contributed by atoms with Gasteiger partial charge >= 0.3 is 17.8 Å². The third kappa shape index (κ3) is 3.45. The molecular weight excluding hydrogens is 368 g/mol. The van der Waals surface area contributed by atoms with E-state index in [4.69, 9.17) is 0 Å². The highest BCUT2D eigenvalue weighted by atomic mass is 32.1. The zero-order valence-corrected chi connectivity index (χ0v) is 13.9. The first kappa shape index (κ1) is 17.7. The molecule has 1 aromatic carbocycles. The fraction of sp³-hybridized carbons (Fsp3) is 0.125. The van der Waals surface area contributed by atoms with Crippen molar-refractivity contribution in [2.24, 2.45) is 0 Å². The van der Waals surface area contributed by atoms with E-state index in [9.17, 15) is 28.0 Å². The monoisotopic (exact) mass is 379 g/mol. The quantitative estimate of drug-likeness (QED) is 0.636. The first-order valence-electron chi connectivity index (χ1n) is 7.31. The zero-order chi connectivity index (χ0) is 18.8. The van der Waals surface area contributed by atoms with Crippen molar-refractivity contribution < 1.29 is 28.0 Å². The molecule has 0 bridgehead atoms. The van der Waals surface area contributed by atoms with E-state index in [1.54, 1.807) is 17.5 Å². The molecule has 0 spiro atoms. The number of thiophene rings is 1. The van der Waals surface area contributed by atoms with Crippen molar-refractivity contribution in [3.8, 4) is 0 Å². The number of rotatable bonds is 5. The maximum atomic E-state index is 13.6. The van der Waals surface area contributed by atoms with Crippen molar-refractivity contribution in [1.82, 2.24) is 9.80 Å². The van der Waals surface area contributed by atoms with Crippen LogP contribution in [0.15, 0.2) is 35.7 Å². The van der Waals surface area contributed by atoms with Gasteiger partial charge in [0.1, 0.15) is 18.2 Å². The van der Waals surface area contributed by atoms with Gasteiger partial charge in [-0.25, -0.2) is 18.5 Å². The van der Waals surface area contributed by atoms with Crippen LogP contribution in [0.4, 0.5) is 19.3 Å². The van der Waals surface area contributed by atoms with Crippen molar-refractivity contribution in [3.05, 3.63) is 52.2 Å². The molecule has 26 heavy (non-hydrogen) atoms. The van der Waals surface area contributed by atoms with Gasteiger partial charge in [-0.2, -0.15) is 0 Å². The van der Waals surface area contributed by atoms with E-state index in [-0.39, 0.29) is 12.2 Å². The summed E-state index contributed by atoms with van der Waals surface area (Å²) in [5.41, 5.74) is -0.308. The van der Waals surface area contributed by atoms with Crippen LogP contribution < -0.4 is 5.32 Å². The number of nitrogens with zero attached hydrogens (tertiary/aromatic N) is 2. The lowest BCUT2D eigenvalue weighted by Crippen LogP contribution is -2.38. The lowest BCUT2D eigenvalue weighted by atomic mass is 10.3. The van der Waals surface area contributed by atoms with Crippen molar-refractivity contribution in [2.45, 2.75) is 6.54 Å². The Morgan fingerprint density at radius 1 is 1.08 bits per heavy atom. The van der Waals surface area contributed by atoms with Crippen LogP contribution in [0.5, 0.6) is 0 Å². The molecule has 3 rings (SSSR count).